The molecule has 0 aromatic heterocycles. The van der Waals surface area contributed by atoms with E-state index in [0.717, 1.165) is 18.6 Å². The first-order chi connectivity index (χ1) is 7.26. The molecule has 0 saturated heterocycles. The third-order valence-corrected chi connectivity index (χ3v) is 2.33. The predicted octanol–water partition coefficient (Wildman–Crippen LogP) is 1.99. The van der Waals surface area contributed by atoms with E-state index >= 15 is 0 Å². The maximum absolute atomic E-state index is 12.7. The Balaban J connectivity index is 2.47. The second-order valence-corrected chi connectivity index (χ2v) is 3.48. The topological polar surface area (TPSA) is 21.3 Å². The Labute approximate surface area is 90.4 Å². The maximum atomic E-state index is 12.7. The summed E-state index contributed by atoms with van der Waals surface area (Å²) in [5.41, 5.74) is 1.12. The molecule has 1 rings (SSSR count). The SMILES string of the molecule is CCOCC(Cc1ccc(F)cc1)NC. The Morgan fingerprint density at radius 2 is 2.00 bits per heavy atom. The predicted molar refractivity (Wildman–Crippen MR) is 59.4 cm³/mol. The van der Waals surface area contributed by atoms with Gasteiger partial charge in [0.2, 0.25) is 0 Å². The van der Waals surface area contributed by atoms with Crippen LogP contribution in [0.2, 0.25) is 0 Å². The highest BCUT2D eigenvalue weighted by atomic mass is 19.1. The zero-order chi connectivity index (χ0) is 11.1. The minimum Gasteiger partial charge on any atom is -0.380 e. The van der Waals surface area contributed by atoms with Gasteiger partial charge in [0, 0.05) is 12.6 Å². The second-order valence-electron chi connectivity index (χ2n) is 3.48. The Morgan fingerprint density at radius 1 is 1.33 bits per heavy atom. The number of benzene rings is 1. The Kier molecular flexibility index (Phi) is 5.29. The lowest BCUT2D eigenvalue weighted by atomic mass is 10.1. The van der Waals surface area contributed by atoms with Crippen LogP contribution in [0.15, 0.2) is 24.3 Å². The van der Waals surface area contributed by atoms with Crippen molar-refractivity contribution in [1.29, 1.82) is 0 Å². The van der Waals surface area contributed by atoms with Gasteiger partial charge >= 0.3 is 0 Å². The summed E-state index contributed by atoms with van der Waals surface area (Å²) in [6.45, 7) is 3.39. The molecule has 0 fully saturated rings. The van der Waals surface area contributed by atoms with Gasteiger partial charge in [0.15, 0.2) is 0 Å². The lowest BCUT2D eigenvalue weighted by molar-refractivity contribution is 0.125. The molecule has 3 heteroatoms. The van der Waals surface area contributed by atoms with Crippen molar-refractivity contribution >= 4 is 0 Å². The molecule has 15 heavy (non-hydrogen) atoms. The van der Waals surface area contributed by atoms with E-state index in [-0.39, 0.29) is 11.9 Å². The molecular weight excluding hydrogens is 193 g/mol. The fraction of sp³-hybridized carbons (Fsp3) is 0.500. The molecule has 0 radical (unpaired) electrons. The third kappa shape index (κ3) is 4.40. The summed E-state index contributed by atoms with van der Waals surface area (Å²) in [5, 5.41) is 3.18. The number of ether oxygens (including phenoxy) is 1. The fourth-order valence-electron chi connectivity index (χ4n) is 1.41. The molecule has 0 aliphatic carbocycles. The van der Waals surface area contributed by atoms with Crippen LogP contribution >= 0.6 is 0 Å². The summed E-state index contributed by atoms with van der Waals surface area (Å²) in [7, 11) is 1.91. The van der Waals surface area contributed by atoms with Crippen molar-refractivity contribution < 1.29 is 9.13 Å². The van der Waals surface area contributed by atoms with Gasteiger partial charge in [-0.05, 0) is 38.1 Å². The maximum Gasteiger partial charge on any atom is 0.123 e. The molecular formula is C12H18FNO. The first kappa shape index (κ1) is 12.1. The highest BCUT2D eigenvalue weighted by molar-refractivity contribution is 5.17. The van der Waals surface area contributed by atoms with Crippen molar-refractivity contribution in [3.8, 4) is 0 Å². The standard InChI is InChI=1S/C12H18FNO/c1-3-15-9-12(14-2)8-10-4-6-11(13)7-5-10/h4-7,12,14H,3,8-9H2,1-2H3. The highest BCUT2D eigenvalue weighted by Crippen LogP contribution is 2.06. The number of hydrogen-bond acceptors (Lipinski definition) is 2. The molecule has 0 spiro atoms. The van der Waals surface area contributed by atoms with Gasteiger partial charge < -0.3 is 10.1 Å². The van der Waals surface area contributed by atoms with E-state index in [2.05, 4.69) is 5.32 Å². The van der Waals surface area contributed by atoms with Crippen molar-refractivity contribution in [1.82, 2.24) is 5.32 Å². The second kappa shape index (κ2) is 6.53. The van der Waals surface area contributed by atoms with E-state index in [1.54, 1.807) is 0 Å². The molecule has 1 atom stereocenters. The van der Waals surface area contributed by atoms with E-state index in [4.69, 9.17) is 4.74 Å². The lowest BCUT2D eigenvalue weighted by Gasteiger charge is -2.15. The Hall–Kier alpha value is -0.930. The van der Waals surface area contributed by atoms with E-state index in [0.29, 0.717) is 6.61 Å². The van der Waals surface area contributed by atoms with Crippen molar-refractivity contribution in [2.75, 3.05) is 20.3 Å². The van der Waals surface area contributed by atoms with Crippen LogP contribution in [0.3, 0.4) is 0 Å². The normalized spacial score (nSPS) is 12.7. The lowest BCUT2D eigenvalue weighted by Crippen LogP contribution is -2.32. The molecule has 1 unspecified atom stereocenters. The highest BCUT2D eigenvalue weighted by Gasteiger charge is 2.06. The molecule has 0 aliphatic heterocycles. The Morgan fingerprint density at radius 3 is 2.53 bits per heavy atom. The fourth-order valence-corrected chi connectivity index (χ4v) is 1.41. The first-order valence-electron chi connectivity index (χ1n) is 5.25. The molecule has 0 amide bonds. The van der Waals surface area contributed by atoms with Gasteiger partial charge in [0.25, 0.3) is 0 Å². The summed E-state index contributed by atoms with van der Waals surface area (Å²) < 4.78 is 18.0. The zero-order valence-corrected chi connectivity index (χ0v) is 9.29. The molecule has 2 nitrogen and oxygen atoms in total. The smallest absolute Gasteiger partial charge is 0.123 e. The van der Waals surface area contributed by atoms with Gasteiger partial charge in [0.05, 0.1) is 6.61 Å². The molecule has 1 aromatic rings. The van der Waals surface area contributed by atoms with Gasteiger partial charge in [-0.1, -0.05) is 12.1 Å². The monoisotopic (exact) mass is 211 g/mol. The van der Waals surface area contributed by atoms with Crippen LogP contribution in [0.1, 0.15) is 12.5 Å². The average Bonchev–Trinajstić information content (AvgIpc) is 2.27. The molecule has 0 aliphatic rings. The quantitative estimate of drug-likeness (QED) is 0.777. The molecule has 1 aromatic carbocycles. The summed E-state index contributed by atoms with van der Waals surface area (Å²) in [5.74, 6) is -0.190. The molecule has 0 saturated carbocycles. The van der Waals surface area contributed by atoms with E-state index in [1.807, 2.05) is 26.1 Å². The molecule has 0 bridgehead atoms. The first-order valence-corrected chi connectivity index (χ1v) is 5.25. The van der Waals surface area contributed by atoms with Crippen LogP contribution in [0.4, 0.5) is 4.39 Å². The number of hydrogen-bond donors (Lipinski definition) is 1. The number of likely N-dealkylation sites (N-methyl/N-ethyl adjacent to an activating group) is 1. The summed E-state index contributed by atoms with van der Waals surface area (Å²) in [6.07, 6.45) is 0.858. The number of halogens is 1. The van der Waals surface area contributed by atoms with Crippen molar-refractivity contribution in [3.63, 3.8) is 0 Å². The number of nitrogens with one attached hydrogen (secondary N) is 1. The van der Waals surface area contributed by atoms with Crippen LogP contribution < -0.4 is 5.32 Å². The zero-order valence-electron chi connectivity index (χ0n) is 9.29. The van der Waals surface area contributed by atoms with Crippen LogP contribution in [-0.4, -0.2) is 26.3 Å². The minimum absolute atomic E-state index is 0.190. The van der Waals surface area contributed by atoms with Crippen molar-refractivity contribution in [2.45, 2.75) is 19.4 Å². The average molecular weight is 211 g/mol. The van der Waals surface area contributed by atoms with Crippen LogP contribution in [0.5, 0.6) is 0 Å². The molecule has 1 N–H and O–H groups in total. The van der Waals surface area contributed by atoms with E-state index in [1.165, 1.54) is 12.1 Å². The molecule has 0 heterocycles. The minimum atomic E-state index is -0.190. The summed E-state index contributed by atoms with van der Waals surface area (Å²) >= 11 is 0. The van der Waals surface area contributed by atoms with E-state index in [9.17, 15) is 4.39 Å². The molecule has 84 valence electrons. The van der Waals surface area contributed by atoms with Crippen molar-refractivity contribution in [2.24, 2.45) is 0 Å². The summed E-state index contributed by atoms with van der Waals surface area (Å²) in [4.78, 5) is 0. The third-order valence-electron chi connectivity index (χ3n) is 2.33. The van der Waals surface area contributed by atoms with Gasteiger partial charge in [0.1, 0.15) is 5.82 Å². The van der Waals surface area contributed by atoms with Crippen molar-refractivity contribution in [3.05, 3.63) is 35.6 Å². The Bertz CT molecular complexity index is 273. The van der Waals surface area contributed by atoms with E-state index < -0.39 is 0 Å². The van der Waals surface area contributed by atoms with Gasteiger partial charge in [-0.15, -0.1) is 0 Å². The largest absolute Gasteiger partial charge is 0.380 e. The summed E-state index contributed by atoms with van der Waals surface area (Å²) in [6, 6.07) is 6.89. The number of rotatable bonds is 6. The van der Waals surface area contributed by atoms with Gasteiger partial charge in [-0.2, -0.15) is 0 Å². The van der Waals surface area contributed by atoms with Crippen LogP contribution in [0, 0.1) is 5.82 Å². The van der Waals surface area contributed by atoms with Gasteiger partial charge in [-0.25, -0.2) is 4.39 Å². The van der Waals surface area contributed by atoms with Crippen LogP contribution in [0.25, 0.3) is 0 Å². The van der Waals surface area contributed by atoms with Gasteiger partial charge in [-0.3, -0.25) is 0 Å². The van der Waals surface area contributed by atoms with Crippen LogP contribution in [-0.2, 0) is 11.2 Å².